The highest BCUT2D eigenvalue weighted by Crippen LogP contribution is 2.28. The summed E-state index contributed by atoms with van der Waals surface area (Å²) < 4.78 is 5.00. The van der Waals surface area contributed by atoms with Crippen LogP contribution < -0.4 is 10.6 Å². The van der Waals surface area contributed by atoms with Crippen molar-refractivity contribution in [2.75, 3.05) is 33.4 Å². The molecule has 4 heteroatoms. The minimum absolute atomic E-state index is 0.800. The van der Waals surface area contributed by atoms with Crippen molar-refractivity contribution in [2.24, 2.45) is 0 Å². The van der Waals surface area contributed by atoms with Crippen LogP contribution in [0.1, 0.15) is 41.0 Å². The summed E-state index contributed by atoms with van der Waals surface area (Å²) in [6.45, 7) is 4.94. The van der Waals surface area contributed by atoms with E-state index >= 15 is 0 Å². The van der Waals surface area contributed by atoms with Gasteiger partial charge < -0.3 is 15.4 Å². The fourth-order valence-corrected chi connectivity index (χ4v) is 3.90. The maximum absolute atomic E-state index is 5.00. The maximum Gasteiger partial charge on any atom is 0.0587 e. The van der Waals surface area contributed by atoms with E-state index in [1.54, 1.807) is 17.6 Å². The second-order valence-electron chi connectivity index (χ2n) is 5.49. The molecule has 0 spiro atoms. The third kappa shape index (κ3) is 5.52. The molecule has 20 heavy (non-hydrogen) atoms. The minimum atomic E-state index is 0.800. The van der Waals surface area contributed by atoms with Gasteiger partial charge >= 0.3 is 0 Å². The highest BCUT2D eigenvalue weighted by Gasteiger charge is 2.11. The zero-order valence-corrected chi connectivity index (χ0v) is 13.5. The van der Waals surface area contributed by atoms with Crippen molar-refractivity contribution in [3.8, 4) is 0 Å². The summed E-state index contributed by atoms with van der Waals surface area (Å²) in [7, 11) is 1.74. The molecule has 1 aromatic heterocycles. The summed E-state index contributed by atoms with van der Waals surface area (Å²) in [5.41, 5.74) is 1.63. The molecule has 0 fully saturated rings. The van der Waals surface area contributed by atoms with Crippen LogP contribution in [0, 0.1) is 0 Å². The summed E-state index contributed by atoms with van der Waals surface area (Å²) in [6.07, 6.45) is 7.95. The molecule has 0 radical (unpaired) electrons. The number of hydrogen-bond donors (Lipinski definition) is 2. The molecule has 2 rings (SSSR count). The van der Waals surface area contributed by atoms with Crippen molar-refractivity contribution in [3.05, 3.63) is 21.4 Å². The van der Waals surface area contributed by atoms with E-state index < -0.39 is 0 Å². The smallest absolute Gasteiger partial charge is 0.0587 e. The molecule has 1 aliphatic rings. The largest absolute Gasteiger partial charge is 0.383 e. The predicted octanol–water partition coefficient (Wildman–Crippen LogP) is 2.73. The van der Waals surface area contributed by atoms with Crippen LogP contribution in [0.2, 0.25) is 0 Å². The molecule has 3 nitrogen and oxygen atoms in total. The lowest BCUT2D eigenvalue weighted by Gasteiger charge is -2.05. The van der Waals surface area contributed by atoms with Crippen LogP contribution in [0.5, 0.6) is 0 Å². The van der Waals surface area contributed by atoms with Gasteiger partial charge in [-0.15, -0.1) is 11.3 Å². The van der Waals surface area contributed by atoms with Crippen molar-refractivity contribution in [2.45, 2.75) is 45.1 Å². The number of hydrogen-bond acceptors (Lipinski definition) is 4. The van der Waals surface area contributed by atoms with Gasteiger partial charge in [-0.25, -0.2) is 0 Å². The van der Waals surface area contributed by atoms with E-state index in [4.69, 9.17) is 4.74 Å². The van der Waals surface area contributed by atoms with Gasteiger partial charge in [0.25, 0.3) is 0 Å². The molecule has 0 atom stereocenters. The minimum Gasteiger partial charge on any atom is -0.383 e. The molecule has 0 aromatic carbocycles. The van der Waals surface area contributed by atoms with Crippen molar-refractivity contribution in [3.63, 3.8) is 0 Å². The Labute approximate surface area is 127 Å². The van der Waals surface area contributed by atoms with Crippen LogP contribution in [-0.4, -0.2) is 33.4 Å². The Bertz CT molecular complexity index is 355. The highest BCUT2D eigenvalue weighted by atomic mass is 32.1. The molecule has 0 saturated heterocycles. The van der Waals surface area contributed by atoms with E-state index in [-0.39, 0.29) is 0 Å². The number of aryl methyl sites for hydroxylation is 2. The van der Waals surface area contributed by atoms with Gasteiger partial charge in [0.05, 0.1) is 6.61 Å². The molecule has 0 aliphatic heterocycles. The summed E-state index contributed by atoms with van der Waals surface area (Å²) in [5, 5.41) is 6.93. The SMILES string of the molecule is COCCNCCCNCc1cc2c(s1)CCCCC2. The van der Waals surface area contributed by atoms with E-state index in [0.29, 0.717) is 0 Å². The Morgan fingerprint density at radius 3 is 2.85 bits per heavy atom. The Hall–Kier alpha value is -0.420. The number of thiophene rings is 1. The van der Waals surface area contributed by atoms with Gasteiger partial charge in [-0.3, -0.25) is 0 Å². The van der Waals surface area contributed by atoms with Crippen LogP contribution in [0.3, 0.4) is 0 Å². The number of methoxy groups -OCH3 is 1. The molecular weight excluding hydrogens is 268 g/mol. The van der Waals surface area contributed by atoms with E-state index in [1.165, 1.54) is 43.4 Å². The van der Waals surface area contributed by atoms with Crippen molar-refractivity contribution >= 4 is 11.3 Å². The van der Waals surface area contributed by atoms with Crippen molar-refractivity contribution in [1.29, 1.82) is 0 Å². The van der Waals surface area contributed by atoms with Crippen LogP contribution in [-0.2, 0) is 24.1 Å². The lowest BCUT2D eigenvalue weighted by atomic mass is 10.1. The van der Waals surface area contributed by atoms with Gasteiger partial charge in [0.2, 0.25) is 0 Å². The van der Waals surface area contributed by atoms with Crippen LogP contribution in [0.25, 0.3) is 0 Å². The first-order chi connectivity index (χ1) is 9.90. The second kappa shape index (κ2) is 9.50. The number of fused-ring (bicyclic) bond motifs is 1. The first-order valence-electron chi connectivity index (χ1n) is 7.91. The van der Waals surface area contributed by atoms with Gasteiger partial charge in [0.15, 0.2) is 0 Å². The standard InChI is InChI=1S/C16H28N2OS/c1-19-11-10-17-8-5-9-18-13-15-12-14-6-3-2-4-7-16(14)20-15/h12,17-18H,2-11,13H2,1H3. The second-order valence-corrected chi connectivity index (χ2v) is 6.72. The van der Waals surface area contributed by atoms with Gasteiger partial charge in [-0.05, 0) is 56.8 Å². The lowest BCUT2D eigenvalue weighted by molar-refractivity contribution is 0.199. The average Bonchev–Trinajstić information content (AvgIpc) is 2.71. The lowest BCUT2D eigenvalue weighted by Crippen LogP contribution is -2.24. The van der Waals surface area contributed by atoms with Gasteiger partial charge in [-0.1, -0.05) is 6.42 Å². The average molecular weight is 296 g/mol. The van der Waals surface area contributed by atoms with Crippen molar-refractivity contribution < 1.29 is 4.74 Å². The fourth-order valence-electron chi connectivity index (χ4n) is 2.67. The van der Waals surface area contributed by atoms with Crippen LogP contribution >= 0.6 is 11.3 Å². The Morgan fingerprint density at radius 1 is 1.10 bits per heavy atom. The monoisotopic (exact) mass is 296 g/mol. The molecule has 1 aliphatic carbocycles. The summed E-state index contributed by atoms with van der Waals surface area (Å²) in [5.74, 6) is 0. The van der Waals surface area contributed by atoms with E-state index in [0.717, 1.165) is 32.8 Å². The first kappa shape index (κ1) is 16.0. The fraction of sp³-hybridized carbons (Fsp3) is 0.750. The quantitative estimate of drug-likeness (QED) is 0.543. The normalized spacial score (nSPS) is 15.1. The predicted molar refractivity (Wildman–Crippen MR) is 86.6 cm³/mol. The van der Waals surface area contributed by atoms with E-state index in [9.17, 15) is 0 Å². The molecule has 0 saturated carbocycles. The Kier molecular flexibility index (Phi) is 7.58. The van der Waals surface area contributed by atoms with Gasteiger partial charge in [0.1, 0.15) is 0 Å². The molecule has 0 unspecified atom stereocenters. The van der Waals surface area contributed by atoms with E-state index in [1.807, 2.05) is 11.3 Å². The van der Waals surface area contributed by atoms with Crippen LogP contribution in [0.4, 0.5) is 0 Å². The third-order valence-electron chi connectivity index (χ3n) is 3.79. The highest BCUT2D eigenvalue weighted by molar-refractivity contribution is 7.12. The first-order valence-corrected chi connectivity index (χ1v) is 8.72. The maximum atomic E-state index is 5.00. The van der Waals surface area contributed by atoms with Gasteiger partial charge in [-0.2, -0.15) is 0 Å². The Morgan fingerprint density at radius 2 is 1.95 bits per heavy atom. The van der Waals surface area contributed by atoms with Crippen LogP contribution in [0.15, 0.2) is 6.07 Å². The summed E-state index contributed by atoms with van der Waals surface area (Å²) >= 11 is 2.03. The number of rotatable bonds is 9. The molecular formula is C16H28N2OS. The molecule has 1 heterocycles. The molecule has 2 N–H and O–H groups in total. The molecule has 114 valence electrons. The van der Waals surface area contributed by atoms with Gasteiger partial charge in [0, 0.05) is 30.0 Å². The Balaban J connectivity index is 1.58. The number of ether oxygens (including phenoxy) is 1. The summed E-state index contributed by atoms with van der Waals surface area (Å²) in [4.78, 5) is 3.17. The molecule has 1 aromatic rings. The zero-order chi connectivity index (χ0) is 14.0. The third-order valence-corrected chi connectivity index (χ3v) is 5.02. The zero-order valence-electron chi connectivity index (χ0n) is 12.7. The topological polar surface area (TPSA) is 33.3 Å². The number of nitrogens with one attached hydrogen (secondary N) is 2. The molecule has 0 bridgehead atoms. The summed E-state index contributed by atoms with van der Waals surface area (Å²) in [6, 6.07) is 2.44. The van der Waals surface area contributed by atoms with E-state index in [2.05, 4.69) is 16.7 Å². The molecule has 0 amide bonds. The van der Waals surface area contributed by atoms with Crippen molar-refractivity contribution in [1.82, 2.24) is 10.6 Å².